The highest BCUT2D eigenvalue weighted by atomic mass is 19.1. The molecule has 5 atom stereocenters. The minimum absolute atomic E-state index is 0.0154. The highest BCUT2D eigenvalue weighted by molar-refractivity contribution is 5.91. The Balaban J connectivity index is 1.34. The molecule has 0 aromatic heterocycles. The van der Waals surface area contributed by atoms with Crippen LogP contribution in [0.3, 0.4) is 0 Å². The summed E-state index contributed by atoms with van der Waals surface area (Å²) in [7, 11) is 2.04. The number of ether oxygens (including phenoxy) is 1. The van der Waals surface area contributed by atoms with Gasteiger partial charge in [0.1, 0.15) is 23.8 Å². The summed E-state index contributed by atoms with van der Waals surface area (Å²) in [6.45, 7) is 15.1. The molecule has 9 nitrogen and oxygen atoms in total. The highest BCUT2D eigenvalue weighted by Gasteiger charge is 2.52. The Morgan fingerprint density at radius 1 is 0.918 bits per heavy atom. The standard InChI is InChI=1S/C38H57F2N5O4/c1-37(2,3)43-23-29(28-10-9-25(39)20-31(28)40)30(24-43)34(46)44-22-27(21-32(44)35(47)42-17-15-41(6)16-18-42)45(36(48)33-8-7-19-49-33)26-11-13-38(4,5)14-12-26/h9-10,20,26-27,29-30,32-33H,7-8,11-19,21-24H2,1-6H3/t27-,29-,30+,32-,33?/m0/s1. The number of hydrogen-bond donors (Lipinski definition) is 0. The Morgan fingerprint density at radius 2 is 1.61 bits per heavy atom. The van der Waals surface area contributed by atoms with E-state index in [1.54, 1.807) is 4.90 Å². The second kappa shape index (κ2) is 14.2. The summed E-state index contributed by atoms with van der Waals surface area (Å²) in [5.74, 6) is -2.72. The average Bonchev–Trinajstić information content (AvgIpc) is 3.82. The van der Waals surface area contributed by atoms with Crippen LogP contribution >= 0.6 is 0 Å². The fourth-order valence-corrected chi connectivity index (χ4v) is 8.92. The van der Waals surface area contributed by atoms with Crippen molar-refractivity contribution in [1.29, 1.82) is 0 Å². The van der Waals surface area contributed by atoms with Gasteiger partial charge < -0.3 is 24.3 Å². The fraction of sp³-hybridized carbons (Fsp3) is 0.763. The maximum Gasteiger partial charge on any atom is 0.252 e. The quantitative estimate of drug-likeness (QED) is 0.440. The summed E-state index contributed by atoms with van der Waals surface area (Å²) in [5.41, 5.74) is 0.244. The lowest BCUT2D eigenvalue weighted by molar-refractivity contribution is -0.148. The molecular weight excluding hydrogens is 628 g/mol. The van der Waals surface area contributed by atoms with E-state index < -0.39 is 35.6 Å². The topological polar surface area (TPSA) is 76.6 Å². The van der Waals surface area contributed by atoms with E-state index in [0.717, 1.165) is 51.3 Å². The molecule has 0 spiro atoms. The number of likely N-dealkylation sites (N-methyl/N-ethyl adjacent to an activating group) is 1. The van der Waals surface area contributed by atoms with E-state index in [4.69, 9.17) is 4.74 Å². The minimum atomic E-state index is -0.719. The largest absolute Gasteiger partial charge is 0.368 e. The van der Waals surface area contributed by atoms with Gasteiger partial charge in [0, 0.05) is 76.0 Å². The number of halogens is 2. The summed E-state index contributed by atoms with van der Waals surface area (Å²) in [5, 5.41) is 0. The maximum atomic E-state index is 15.4. The molecule has 11 heteroatoms. The molecule has 1 saturated carbocycles. The van der Waals surface area contributed by atoms with Crippen LogP contribution in [0.5, 0.6) is 0 Å². The van der Waals surface area contributed by atoms with Gasteiger partial charge in [0.15, 0.2) is 0 Å². The normalized spacial score (nSPS) is 30.2. The summed E-state index contributed by atoms with van der Waals surface area (Å²) in [4.78, 5) is 53.7. The molecule has 0 N–H and O–H groups in total. The van der Waals surface area contributed by atoms with Gasteiger partial charge in [0.05, 0.1) is 12.0 Å². The Kier molecular flexibility index (Phi) is 10.5. The second-order valence-electron chi connectivity index (χ2n) is 17.1. The Hall–Kier alpha value is -2.63. The van der Waals surface area contributed by atoms with Gasteiger partial charge >= 0.3 is 0 Å². The van der Waals surface area contributed by atoms with Gasteiger partial charge in [0.25, 0.3) is 5.91 Å². The van der Waals surface area contributed by atoms with Crippen molar-refractivity contribution in [3.05, 3.63) is 35.4 Å². The van der Waals surface area contributed by atoms with Crippen LogP contribution in [0, 0.1) is 23.0 Å². The van der Waals surface area contributed by atoms with E-state index in [2.05, 4.69) is 44.4 Å². The highest BCUT2D eigenvalue weighted by Crippen LogP contribution is 2.42. The molecule has 4 saturated heterocycles. The monoisotopic (exact) mass is 685 g/mol. The lowest BCUT2D eigenvalue weighted by Crippen LogP contribution is -2.54. The van der Waals surface area contributed by atoms with E-state index in [1.165, 1.54) is 12.1 Å². The summed E-state index contributed by atoms with van der Waals surface area (Å²) in [6.07, 6.45) is 5.16. The number of piperazine rings is 1. The molecule has 272 valence electrons. The molecular formula is C38H57F2N5O4. The number of hydrogen-bond acceptors (Lipinski definition) is 6. The molecule has 4 heterocycles. The molecule has 5 aliphatic rings. The van der Waals surface area contributed by atoms with Crippen molar-refractivity contribution in [3.63, 3.8) is 0 Å². The molecule has 3 amide bonds. The molecule has 1 unspecified atom stereocenters. The van der Waals surface area contributed by atoms with Crippen molar-refractivity contribution in [2.24, 2.45) is 11.3 Å². The molecule has 6 rings (SSSR count). The van der Waals surface area contributed by atoms with Crippen molar-refractivity contribution in [3.8, 4) is 0 Å². The molecule has 1 aromatic rings. The molecule has 0 bridgehead atoms. The van der Waals surface area contributed by atoms with E-state index in [9.17, 15) is 18.8 Å². The van der Waals surface area contributed by atoms with E-state index in [1.807, 2.05) is 16.8 Å². The summed E-state index contributed by atoms with van der Waals surface area (Å²) in [6, 6.07) is 2.59. The average molecular weight is 686 g/mol. The van der Waals surface area contributed by atoms with Gasteiger partial charge in [-0.3, -0.25) is 19.3 Å². The Labute approximate surface area is 291 Å². The number of amides is 3. The lowest BCUT2D eigenvalue weighted by Gasteiger charge is -2.43. The number of benzene rings is 1. The molecule has 1 aromatic carbocycles. The molecule has 1 aliphatic carbocycles. The Morgan fingerprint density at radius 3 is 2.22 bits per heavy atom. The second-order valence-corrected chi connectivity index (χ2v) is 17.1. The number of carbonyl (C=O) groups excluding carboxylic acids is 3. The Bertz CT molecular complexity index is 1380. The first kappa shape index (κ1) is 36.2. The van der Waals surface area contributed by atoms with Crippen LogP contribution in [0.4, 0.5) is 8.78 Å². The van der Waals surface area contributed by atoms with Crippen LogP contribution in [-0.2, 0) is 19.1 Å². The summed E-state index contributed by atoms with van der Waals surface area (Å²) >= 11 is 0. The van der Waals surface area contributed by atoms with Gasteiger partial charge in [-0.2, -0.15) is 0 Å². The smallest absolute Gasteiger partial charge is 0.252 e. The first-order chi connectivity index (χ1) is 23.1. The molecule has 4 aliphatic heterocycles. The van der Waals surface area contributed by atoms with Crippen molar-refractivity contribution in [2.45, 2.75) is 115 Å². The third kappa shape index (κ3) is 7.69. The van der Waals surface area contributed by atoms with Crippen molar-refractivity contribution in [2.75, 3.05) is 59.5 Å². The van der Waals surface area contributed by atoms with Gasteiger partial charge in [0.2, 0.25) is 11.8 Å². The predicted molar refractivity (Wildman–Crippen MR) is 184 cm³/mol. The number of nitrogens with zero attached hydrogens (tertiary/aromatic N) is 5. The van der Waals surface area contributed by atoms with Crippen LogP contribution in [-0.4, -0.2) is 131 Å². The van der Waals surface area contributed by atoms with Crippen LogP contribution in [0.2, 0.25) is 0 Å². The van der Waals surface area contributed by atoms with Crippen LogP contribution < -0.4 is 0 Å². The van der Waals surface area contributed by atoms with Crippen LogP contribution in [0.1, 0.15) is 91.0 Å². The first-order valence-corrected chi connectivity index (χ1v) is 18.5. The van der Waals surface area contributed by atoms with Gasteiger partial charge in [-0.15, -0.1) is 0 Å². The van der Waals surface area contributed by atoms with Gasteiger partial charge in [-0.1, -0.05) is 19.9 Å². The summed E-state index contributed by atoms with van der Waals surface area (Å²) < 4.78 is 35.3. The maximum absolute atomic E-state index is 15.4. The van der Waals surface area contributed by atoms with Crippen molar-refractivity contribution in [1.82, 2.24) is 24.5 Å². The third-order valence-electron chi connectivity index (χ3n) is 12.2. The van der Waals surface area contributed by atoms with Crippen LogP contribution in [0.15, 0.2) is 18.2 Å². The number of rotatable bonds is 6. The molecule has 0 radical (unpaired) electrons. The zero-order chi connectivity index (χ0) is 35.2. The molecule has 5 fully saturated rings. The zero-order valence-electron chi connectivity index (χ0n) is 30.4. The lowest BCUT2D eigenvalue weighted by atomic mass is 9.75. The van der Waals surface area contributed by atoms with Crippen molar-refractivity contribution < 1.29 is 27.9 Å². The van der Waals surface area contributed by atoms with E-state index >= 15 is 4.39 Å². The number of likely N-dealkylation sites (tertiary alicyclic amines) is 2. The fourth-order valence-electron chi connectivity index (χ4n) is 8.92. The van der Waals surface area contributed by atoms with Crippen LogP contribution in [0.25, 0.3) is 0 Å². The SMILES string of the molecule is CN1CCN(C(=O)[C@@H]2C[C@H](N(C(=O)C3CCCO3)C3CCC(C)(C)CC3)CN2C(=O)[C@@H]2CN(C(C)(C)C)C[C@H]2c2ccc(F)cc2F)CC1. The van der Waals surface area contributed by atoms with Gasteiger partial charge in [-0.25, -0.2) is 8.78 Å². The molecule has 49 heavy (non-hydrogen) atoms. The van der Waals surface area contributed by atoms with Crippen molar-refractivity contribution >= 4 is 17.7 Å². The minimum Gasteiger partial charge on any atom is -0.368 e. The zero-order valence-corrected chi connectivity index (χ0v) is 30.4. The number of carbonyl (C=O) groups is 3. The predicted octanol–water partition coefficient (Wildman–Crippen LogP) is 4.50. The third-order valence-corrected chi connectivity index (χ3v) is 12.2. The first-order valence-electron chi connectivity index (χ1n) is 18.5. The van der Waals surface area contributed by atoms with E-state index in [-0.39, 0.29) is 47.3 Å². The van der Waals surface area contributed by atoms with Gasteiger partial charge in [-0.05, 0) is 89.8 Å². The van der Waals surface area contributed by atoms with E-state index in [0.29, 0.717) is 51.2 Å².